The van der Waals surface area contributed by atoms with Crippen molar-refractivity contribution in [3.8, 4) is 5.75 Å². The molecule has 0 amide bonds. The fraction of sp³-hybridized carbons (Fsp3) is 0.353. The van der Waals surface area contributed by atoms with Gasteiger partial charge in [-0.3, -0.25) is 4.79 Å². The van der Waals surface area contributed by atoms with E-state index in [4.69, 9.17) is 9.84 Å². The number of benzene rings is 2. The van der Waals surface area contributed by atoms with Gasteiger partial charge in [0, 0.05) is 11.8 Å². The smallest absolute Gasteiger partial charge is 0.303 e. The van der Waals surface area contributed by atoms with Gasteiger partial charge in [0.05, 0.1) is 6.10 Å². The van der Waals surface area contributed by atoms with Gasteiger partial charge in [0.2, 0.25) is 0 Å². The van der Waals surface area contributed by atoms with Crippen LogP contribution < -0.4 is 10.9 Å². The van der Waals surface area contributed by atoms with E-state index in [2.05, 4.69) is 0 Å². The number of carboxylic acid groups (broad SMARTS) is 1. The number of carboxylic acids is 1. The summed E-state index contributed by atoms with van der Waals surface area (Å²) >= 11 is 0. The summed E-state index contributed by atoms with van der Waals surface area (Å²) in [7, 11) is 0. The van der Waals surface area contributed by atoms with Crippen LogP contribution in [0.5, 0.6) is 5.75 Å². The van der Waals surface area contributed by atoms with Gasteiger partial charge >= 0.3 is 5.97 Å². The van der Waals surface area contributed by atoms with Crippen LogP contribution in [0.4, 0.5) is 0 Å². The molecule has 22 heavy (non-hydrogen) atoms. The van der Waals surface area contributed by atoms with Crippen LogP contribution in [-0.2, 0) is 4.79 Å². The van der Waals surface area contributed by atoms with Crippen molar-refractivity contribution in [1.29, 1.82) is 0 Å². The van der Waals surface area contributed by atoms with Crippen molar-refractivity contribution in [2.75, 3.05) is 6.61 Å². The van der Waals surface area contributed by atoms with Gasteiger partial charge in [-0.15, -0.1) is 0 Å². The number of ether oxygens (including phenoxy) is 1. The molecule has 5 heteroatoms. The molecule has 5 nitrogen and oxygen atoms in total. The first-order chi connectivity index (χ1) is 10.1. The standard InChI is InChI=1S/C17H20O4.H3N/c1-12(10-17(19)20)9-14(18)11-21-16-8-4-6-13-5-2-3-7-15(13)16;/h2-8,12,14,18H,9-11H2,1H3,(H,19,20);1H3. The second-order valence-electron chi connectivity index (χ2n) is 5.38. The van der Waals surface area contributed by atoms with E-state index in [0.29, 0.717) is 6.42 Å². The predicted octanol–water partition coefficient (Wildman–Crippen LogP) is 3.24. The van der Waals surface area contributed by atoms with Gasteiger partial charge in [0.25, 0.3) is 0 Å². The number of aliphatic hydroxyl groups is 1. The average molecular weight is 305 g/mol. The summed E-state index contributed by atoms with van der Waals surface area (Å²) in [6.07, 6.45) is -0.194. The lowest BCUT2D eigenvalue weighted by molar-refractivity contribution is -0.138. The van der Waals surface area contributed by atoms with Gasteiger partial charge in [0.1, 0.15) is 12.4 Å². The van der Waals surface area contributed by atoms with Crippen molar-refractivity contribution in [2.45, 2.75) is 25.9 Å². The Bertz CT molecular complexity index is 609. The zero-order valence-corrected chi connectivity index (χ0v) is 12.7. The second-order valence-corrected chi connectivity index (χ2v) is 5.38. The number of aliphatic carboxylic acids is 1. The molecule has 2 atom stereocenters. The lowest BCUT2D eigenvalue weighted by Gasteiger charge is -2.16. The van der Waals surface area contributed by atoms with Gasteiger partial charge in [-0.2, -0.15) is 0 Å². The molecular formula is C17H23NO4. The Morgan fingerprint density at radius 1 is 1.18 bits per heavy atom. The Balaban J connectivity index is 0.00000242. The van der Waals surface area contributed by atoms with E-state index in [9.17, 15) is 9.90 Å². The minimum Gasteiger partial charge on any atom is -0.490 e. The molecule has 120 valence electrons. The summed E-state index contributed by atoms with van der Waals surface area (Å²) in [6, 6.07) is 13.7. The van der Waals surface area contributed by atoms with Crippen molar-refractivity contribution in [3.63, 3.8) is 0 Å². The number of fused-ring (bicyclic) bond motifs is 1. The molecule has 5 N–H and O–H groups in total. The summed E-state index contributed by atoms with van der Waals surface area (Å²) in [5.41, 5.74) is 0. The van der Waals surface area contributed by atoms with Crippen LogP contribution in [0, 0.1) is 5.92 Å². The lowest BCUT2D eigenvalue weighted by atomic mass is 10.0. The highest BCUT2D eigenvalue weighted by Gasteiger charge is 2.14. The van der Waals surface area contributed by atoms with Crippen LogP contribution in [0.25, 0.3) is 10.8 Å². The van der Waals surface area contributed by atoms with E-state index < -0.39 is 12.1 Å². The zero-order chi connectivity index (χ0) is 15.2. The highest BCUT2D eigenvalue weighted by Crippen LogP contribution is 2.25. The Hall–Kier alpha value is -2.11. The Kier molecular flexibility index (Phi) is 6.82. The number of hydrogen-bond acceptors (Lipinski definition) is 4. The fourth-order valence-electron chi connectivity index (χ4n) is 2.42. The minimum atomic E-state index is -0.843. The van der Waals surface area contributed by atoms with Crippen molar-refractivity contribution >= 4 is 16.7 Å². The average Bonchev–Trinajstić information content (AvgIpc) is 2.44. The molecule has 0 saturated heterocycles. The van der Waals surface area contributed by atoms with Crippen LogP contribution in [-0.4, -0.2) is 28.9 Å². The van der Waals surface area contributed by atoms with Crippen LogP contribution in [0.2, 0.25) is 0 Å². The van der Waals surface area contributed by atoms with E-state index in [-0.39, 0.29) is 25.1 Å². The molecule has 2 unspecified atom stereocenters. The topological polar surface area (TPSA) is 102 Å². The molecule has 0 spiro atoms. The SMILES string of the molecule is CC(CC(=O)O)CC(O)COc1cccc2ccccc12.N. The Morgan fingerprint density at radius 3 is 2.59 bits per heavy atom. The number of aliphatic hydroxyl groups excluding tert-OH is 1. The second kappa shape index (κ2) is 8.36. The fourth-order valence-corrected chi connectivity index (χ4v) is 2.42. The predicted molar refractivity (Wildman–Crippen MR) is 86.5 cm³/mol. The van der Waals surface area contributed by atoms with Crippen molar-refractivity contribution in [2.24, 2.45) is 5.92 Å². The molecule has 2 aromatic rings. The molecule has 0 aliphatic rings. The first-order valence-electron chi connectivity index (χ1n) is 7.06. The number of rotatable bonds is 7. The monoisotopic (exact) mass is 305 g/mol. The Morgan fingerprint density at radius 2 is 1.86 bits per heavy atom. The van der Waals surface area contributed by atoms with E-state index >= 15 is 0 Å². The van der Waals surface area contributed by atoms with Gasteiger partial charge in [-0.1, -0.05) is 43.3 Å². The molecule has 0 bridgehead atoms. The summed E-state index contributed by atoms with van der Waals surface area (Å²) in [5, 5.41) is 20.8. The van der Waals surface area contributed by atoms with E-state index in [0.717, 1.165) is 16.5 Å². The van der Waals surface area contributed by atoms with E-state index in [1.807, 2.05) is 49.4 Å². The molecule has 0 heterocycles. The first-order valence-corrected chi connectivity index (χ1v) is 7.06. The largest absolute Gasteiger partial charge is 0.490 e. The normalized spacial score (nSPS) is 13.2. The molecule has 0 aliphatic heterocycles. The molecule has 2 rings (SSSR count). The van der Waals surface area contributed by atoms with Crippen molar-refractivity contribution < 1.29 is 19.7 Å². The molecule has 0 radical (unpaired) electrons. The number of hydrogen-bond donors (Lipinski definition) is 3. The molecule has 0 fully saturated rings. The van der Waals surface area contributed by atoms with E-state index in [1.54, 1.807) is 0 Å². The third-order valence-corrected chi connectivity index (χ3v) is 3.38. The summed E-state index contributed by atoms with van der Waals surface area (Å²) in [4.78, 5) is 10.6. The highest BCUT2D eigenvalue weighted by molar-refractivity contribution is 5.88. The third kappa shape index (κ3) is 5.02. The quantitative estimate of drug-likeness (QED) is 0.729. The molecule has 0 aromatic heterocycles. The van der Waals surface area contributed by atoms with Crippen molar-refractivity contribution in [1.82, 2.24) is 6.15 Å². The molecule has 2 aromatic carbocycles. The molecular weight excluding hydrogens is 282 g/mol. The summed E-state index contributed by atoms with van der Waals surface area (Å²) < 4.78 is 5.69. The van der Waals surface area contributed by atoms with Gasteiger partial charge in [-0.05, 0) is 23.8 Å². The van der Waals surface area contributed by atoms with E-state index in [1.165, 1.54) is 0 Å². The van der Waals surface area contributed by atoms with Gasteiger partial charge in [-0.25, -0.2) is 0 Å². The Labute approximate surface area is 130 Å². The zero-order valence-electron chi connectivity index (χ0n) is 12.7. The van der Waals surface area contributed by atoms with Crippen LogP contribution in [0.15, 0.2) is 42.5 Å². The first kappa shape index (κ1) is 17.9. The van der Waals surface area contributed by atoms with Crippen LogP contribution in [0.3, 0.4) is 0 Å². The van der Waals surface area contributed by atoms with Gasteiger partial charge < -0.3 is 21.1 Å². The maximum atomic E-state index is 10.6. The van der Waals surface area contributed by atoms with Crippen molar-refractivity contribution in [3.05, 3.63) is 42.5 Å². The maximum absolute atomic E-state index is 10.6. The minimum absolute atomic E-state index is 0. The third-order valence-electron chi connectivity index (χ3n) is 3.38. The highest BCUT2D eigenvalue weighted by atomic mass is 16.5. The molecule has 0 saturated carbocycles. The number of carbonyl (C=O) groups is 1. The lowest BCUT2D eigenvalue weighted by Crippen LogP contribution is -2.21. The maximum Gasteiger partial charge on any atom is 0.303 e. The summed E-state index contributed by atoms with van der Waals surface area (Å²) in [5.74, 6) is -0.184. The summed E-state index contributed by atoms with van der Waals surface area (Å²) in [6.45, 7) is 1.98. The van der Waals surface area contributed by atoms with Crippen LogP contribution in [0.1, 0.15) is 19.8 Å². The van der Waals surface area contributed by atoms with Crippen LogP contribution >= 0.6 is 0 Å². The molecule has 0 aliphatic carbocycles. The van der Waals surface area contributed by atoms with Gasteiger partial charge in [0.15, 0.2) is 0 Å².